The third-order valence-corrected chi connectivity index (χ3v) is 5.31. The summed E-state index contributed by atoms with van der Waals surface area (Å²) in [6.07, 6.45) is 4.24. The van der Waals surface area contributed by atoms with Crippen LogP contribution in [0.25, 0.3) is 0 Å². The van der Waals surface area contributed by atoms with E-state index in [2.05, 4.69) is 51.3 Å². The summed E-state index contributed by atoms with van der Waals surface area (Å²) in [7, 11) is 2.00. The number of fused-ring (bicyclic) bond motifs is 2. The Morgan fingerprint density at radius 2 is 2.22 bits per heavy atom. The zero-order valence-electron chi connectivity index (χ0n) is 11.1. The Balaban J connectivity index is 1.84. The monoisotopic (exact) mass is 308 g/mol. The molecule has 3 rings (SSSR count). The first-order chi connectivity index (χ1) is 8.69. The van der Waals surface area contributed by atoms with Crippen LogP contribution in [0.1, 0.15) is 37.8 Å². The van der Waals surface area contributed by atoms with E-state index in [1.807, 2.05) is 7.05 Å². The normalized spacial score (nSPS) is 27.8. The molecule has 1 aromatic rings. The van der Waals surface area contributed by atoms with Crippen LogP contribution in [0.4, 0.5) is 5.69 Å². The fraction of sp³-hybridized carbons (Fsp3) is 0.600. The maximum Gasteiger partial charge on any atom is 0.0380 e. The summed E-state index contributed by atoms with van der Waals surface area (Å²) in [6, 6.07) is 8.03. The van der Waals surface area contributed by atoms with Crippen LogP contribution >= 0.6 is 15.9 Å². The average molecular weight is 309 g/mol. The third-order valence-electron chi connectivity index (χ3n) is 4.62. The van der Waals surface area contributed by atoms with Gasteiger partial charge in [0.25, 0.3) is 0 Å². The van der Waals surface area contributed by atoms with Crippen LogP contribution < -0.4 is 10.2 Å². The number of benzene rings is 1. The number of halogens is 1. The van der Waals surface area contributed by atoms with E-state index in [1.54, 1.807) is 0 Å². The highest BCUT2D eigenvalue weighted by molar-refractivity contribution is 9.10. The molecule has 1 N–H and O–H groups in total. The molecule has 0 spiro atoms. The van der Waals surface area contributed by atoms with E-state index in [4.69, 9.17) is 0 Å². The van der Waals surface area contributed by atoms with E-state index < -0.39 is 0 Å². The standard InChI is InChI=1S/C15H21BrN2/c1-10(17-2)14-6-5-13(8-15(14)16)18-9-11-3-4-12(18)7-11/h5-6,8,10-12,17H,3-4,7,9H2,1-2H3. The molecule has 3 atom stereocenters. The zero-order valence-corrected chi connectivity index (χ0v) is 12.7. The lowest BCUT2D eigenvalue weighted by atomic mass is 10.1. The summed E-state index contributed by atoms with van der Waals surface area (Å²) in [5.74, 6) is 0.949. The number of nitrogens with one attached hydrogen (secondary N) is 1. The van der Waals surface area contributed by atoms with Gasteiger partial charge in [0.1, 0.15) is 0 Å². The Morgan fingerprint density at radius 1 is 1.39 bits per heavy atom. The van der Waals surface area contributed by atoms with Crippen LogP contribution in [0.2, 0.25) is 0 Å². The van der Waals surface area contributed by atoms with E-state index in [-0.39, 0.29) is 0 Å². The number of rotatable bonds is 3. The van der Waals surface area contributed by atoms with Gasteiger partial charge < -0.3 is 10.2 Å². The Labute approximate surface area is 118 Å². The molecular formula is C15H21BrN2. The second kappa shape index (κ2) is 4.86. The second-order valence-corrected chi connectivity index (χ2v) is 6.56. The Bertz CT molecular complexity index is 446. The van der Waals surface area contributed by atoms with Crippen LogP contribution in [-0.4, -0.2) is 19.6 Å². The number of hydrogen-bond donors (Lipinski definition) is 1. The van der Waals surface area contributed by atoms with Crippen molar-refractivity contribution >= 4 is 21.6 Å². The van der Waals surface area contributed by atoms with Crippen LogP contribution in [0, 0.1) is 5.92 Å². The van der Waals surface area contributed by atoms with Crippen molar-refractivity contribution < 1.29 is 0 Å². The fourth-order valence-corrected chi connectivity index (χ4v) is 4.15. The van der Waals surface area contributed by atoms with Gasteiger partial charge in [0.2, 0.25) is 0 Å². The highest BCUT2D eigenvalue weighted by atomic mass is 79.9. The van der Waals surface area contributed by atoms with Crippen molar-refractivity contribution in [2.75, 3.05) is 18.5 Å². The van der Waals surface area contributed by atoms with Gasteiger partial charge in [-0.3, -0.25) is 0 Å². The lowest BCUT2D eigenvalue weighted by molar-refractivity contribution is 0.553. The Kier molecular flexibility index (Phi) is 3.37. The quantitative estimate of drug-likeness (QED) is 0.915. The fourth-order valence-electron chi connectivity index (χ4n) is 3.44. The first-order valence-electron chi connectivity index (χ1n) is 6.92. The highest BCUT2D eigenvalue weighted by Gasteiger charge is 2.37. The van der Waals surface area contributed by atoms with Crippen LogP contribution in [0.5, 0.6) is 0 Å². The topological polar surface area (TPSA) is 15.3 Å². The van der Waals surface area contributed by atoms with Gasteiger partial charge in [-0.15, -0.1) is 0 Å². The minimum atomic E-state index is 0.392. The molecule has 18 heavy (non-hydrogen) atoms. The molecule has 98 valence electrons. The van der Waals surface area contributed by atoms with Gasteiger partial charge in [-0.05, 0) is 56.8 Å². The van der Waals surface area contributed by atoms with E-state index in [0.29, 0.717) is 6.04 Å². The van der Waals surface area contributed by atoms with Crippen molar-refractivity contribution in [2.45, 2.75) is 38.3 Å². The van der Waals surface area contributed by atoms with Crippen LogP contribution in [0.3, 0.4) is 0 Å². The summed E-state index contributed by atoms with van der Waals surface area (Å²) < 4.78 is 1.23. The zero-order chi connectivity index (χ0) is 12.7. The van der Waals surface area contributed by atoms with Crippen molar-refractivity contribution in [3.63, 3.8) is 0 Å². The van der Waals surface area contributed by atoms with Crippen molar-refractivity contribution in [1.29, 1.82) is 0 Å². The summed E-state index contributed by atoms with van der Waals surface area (Å²) in [4.78, 5) is 2.60. The minimum absolute atomic E-state index is 0.392. The second-order valence-electron chi connectivity index (χ2n) is 5.70. The average Bonchev–Trinajstić information content (AvgIpc) is 3.00. The van der Waals surface area contributed by atoms with Crippen molar-refractivity contribution in [3.05, 3.63) is 28.2 Å². The lowest BCUT2D eigenvalue weighted by Crippen LogP contribution is -2.31. The van der Waals surface area contributed by atoms with Crippen LogP contribution in [-0.2, 0) is 0 Å². The van der Waals surface area contributed by atoms with Gasteiger partial charge >= 0.3 is 0 Å². The summed E-state index contributed by atoms with van der Waals surface area (Å²) in [5, 5.41) is 3.29. The van der Waals surface area contributed by atoms with Crippen molar-refractivity contribution in [2.24, 2.45) is 5.92 Å². The largest absolute Gasteiger partial charge is 0.368 e. The smallest absolute Gasteiger partial charge is 0.0380 e. The molecule has 1 saturated carbocycles. The van der Waals surface area contributed by atoms with Gasteiger partial charge in [0, 0.05) is 28.8 Å². The van der Waals surface area contributed by atoms with Gasteiger partial charge in [-0.2, -0.15) is 0 Å². The van der Waals surface area contributed by atoms with E-state index in [0.717, 1.165) is 12.0 Å². The van der Waals surface area contributed by atoms with Gasteiger partial charge in [0.05, 0.1) is 0 Å². The van der Waals surface area contributed by atoms with Gasteiger partial charge in [-0.25, -0.2) is 0 Å². The molecule has 1 aliphatic heterocycles. The van der Waals surface area contributed by atoms with E-state index in [9.17, 15) is 0 Å². The highest BCUT2D eigenvalue weighted by Crippen LogP contribution is 2.41. The maximum absolute atomic E-state index is 3.72. The molecule has 0 aromatic heterocycles. The summed E-state index contributed by atoms with van der Waals surface area (Å²) in [5.41, 5.74) is 2.73. The first-order valence-corrected chi connectivity index (χ1v) is 7.71. The number of hydrogen-bond acceptors (Lipinski definition) is 2. The molecule has 3 heteroatoms. The summed E-state index contributed by atoms with van der Waals surface area (Å²) in [6.45, 7) is 3.45. The molecule has 2 bridgehead atoms. The maximum atomic E-state index is 3.72. The molecule has 1 saturated heterocycles. The van der Waals surface area contributed by atoms with Crippen molar-refractivity contribution in [1.82, 2.24) is 5.32 Å². The molecule has 3 unspecified atom stereocenters. The van der Waals surface area contributed by atoms with E-state index in [1.165, 1.54) is 41.5 Å². The molecule has 0 radical (unpaired) electrons. The molecule has 1 aromatic carbocycles. The Hall–Kier alpha value is -0.540. The molecule has 1 aliphatic carbocycles. The molecule has 1 heterocycles. The molecular weight excluding hydrogens is 288 g/mol. The Morgan fingerprint density at radius 3 is 2.78 bits per heavy atom. The number of nitrogens with zero attached hydrogens (tertiary/aromatic N) is 1. The molecule has 2 aliphatic rings. The number of piperidine rings is 1. The molecule has 2 fully saturated rings. The summed E-state index contributed by atoms with van der Waals surface area (Å²) >= 11 is 3.72. The van der Waals surface area contributed by atoms with Crippen molar-refractivity contribution in [3.8, 4) is 0 Å². The SMILES string of the molecule is CNC(C)c1ccc(N2CC3CCC2C3)cc1Br. The number of anilines is 1. The lowest BCUT2D eigenvalue weighted by Gasteiger charge is -2.30. The predicted octanol–water partition coefficient (Wildman–Crippen LogP) is 3.72. The third kappa shape index (κ3) is 2.08. The minimum Gasteiger partial charge on any atom is -0.368 e. The van der Waals surface area contributed by atoms with Gasteiger partial charge in [0.15, 0.2) is 0 Å². The van der Waals surface area contributed by atoms with Crippen LogP contribution in [0.15, 0.2) is 22.7 Å². The van der Waals surface area contributed by atoms with E-state index >= 15 is 0 Å². The molecule has 0 amide bonds. The molecule has 2 nitrogen and oxygen atoms in total. The first kappa shape index (κ1) is 12.5. The predicted molar refractivity (Wildman–Crippen MR) is 80.1 cm³/mol. The van der Waals surface area contributed by atoms with Gasteiger partial charge in [-0.1, -0.05) is 22.0 Å².